The van der Waals surface area contributed by atoms with Gasteiger partial charge in [-0.3, -0.25) is 4.79 Å². The van der Waals surface area contributed by atoms with Gasteiger partial charge < -0.3 is 5.11 Å². The predicted octanol–water partition coefficient (Wildman–Crippen LogP) is 3.33. The summed E-state index contributed by atoms with van der Waals surface area (Å²) < 4.78 is 0. The van der Waals surface area contributed by atoms with E-state index in [4.69, 9.17) is 0 Å². The molecule has 2 aromatic rings. The molecule has 92 valence electrons. The van der Waals surface area contributed by atoms with Crippen LogP contribution in [0.2, 0.25) is 0 Å². The van der Waals surface area contributed by atoms with Crippen molar-refractivity contribution in [3.05, 3.63) is 48.0 Å². The molecule has 0 atom stereocenters. The third kappa shape index (κ3) is 1.83. The number of ketones is 1. The van der Waals surface area contributed by atoms with Crippen LogP contribution in [0, 0.1) is 0 Å². The van der Waals surface area contributed by atoms with E-state index in [1.807, 2.05) is 42.5 Å². The van der Waals surface area contributed by atoms with Gasteiger partial charge in [0.25, 0.3) is 0 Å². The number of hydrogen-bond donors (Lipinski definition) is 1. The smallest absolute Gasteiger partial charge is 0.194 e. The van der Waals surface area contributed by atoms with Gasteiger partial charge in [0.15, 0.2) is 5.78 Å². The van der Waals surface area contributed by atoms with Gasteiger partial charge in [0, 0.05) is 5.56 Å². The molecule has 0 amide bonds. The van der Waals surface area contributed by atoms with Gasteiger partial charge in [-0.1, -0.05) is 36.4 Å². The summed E-state index contributed by atoms with van der Waals surface area (Å²) in [6.45, 7) is 0. The Balaban J connectivity index is 2.01. The second-order valence-corrected chi connectivity index (χ2v) is 5.13. The van der Waals surface area contributed by atoms with E-state index in [-0.39, 0.29) is 5.78 Å². The van der Waals surface area contributed by atoms with Crippen molar-refractivity contribution in [3.63, 3.8) is 0 Å². The van der Waals surface area contributed by atoms with Crippen LogP contribution in [-0.4, -0.2) is 16.5 Å². The molecule has 0 aromatic heterocycles. The van der Waals surface area contributed by atoms with Crippen molar-refractivity contribution < 1.29 is 9.90 Å². The Bertz CT molecular complexity index is 595. The van der Waals surface area contributed by atoms with E-state index in [1.165, 1.54) is 0 Å². The zero-order chi connectivity index (χ0) is 12.6. The summed E-state index contributed by atoms with van der Waals surface area (Å²) in [5, 5.41) is 12.5. The number of carbonyl (C=O) groups excluding carboxylic acids is 1. The normalized spacial score (nSPS) is 18.1. The highest BCUT2D eigenvalue weighted by atomic mass is 16.3. The number of Topliss-reactive ketones (excluding diaryl/α,β-unsaturated/α-hetero) is 1. The Morgan fingerprint density at radius 1 is 1.00 bits per heavy atom. The number of hydrogen-bond acceptors (Lipinski definition) is 2. The summed E-state index contributed by atoms with van der Waals surface area (Å²) >= 11 is 0. The summed E-state index contributed by atoms with van der Waals surface area (Å²) in [6, 6.07) is 13.6. The lowest BCUT2D eigenvalue weighted by atomic mass is 9.90. The first-order valence-corrected chi connectivity index (χ1v) is 6.45. The summed E-state index contributed by atoms with van der Waals surface area (Å²) in [7, 11) is 0. The number of benzene rings is 2. The Hall–Kier alpha value is -1.67. The summed E-state index contributed by atoms with van der Waals surface area (Å²) in [5.74, 6) is -0.120. The molecule has 1 N–H and O–H groups in total. The van der Waals surface area contributed by atoms with Crippen LogP contribution < -0.4 is 0 Å². The first-order chi connectivity index (χ1) is 8.69. The van der Waals surface area contributed by atoms with Gasteiger partial charge in [-0.2, -0.15) is 0 Å². The zero-order valence-corrected chi connectivity index (χ0v) is 10.2. The highest BCUT2D eigenvalue weighted by molar-refractivity contribution is 6.05. The lowest BCUT2D eigenvalue weighted by Crippen LogP contribution is -2.35. The van der Waals surface area contributed by atoms with Crippen LogP contribution in [0.1, 0.15) is 36.0 Å². The average Bonchev–Trinajstić information content (AvgIpc) is 2.85. The molecule has 1 saturated carbocycles. The lowest BCUT2D eigenvalue weighted by molar-refractivity contribution is 0.0353. The van der Waals surface area contributed by atoms with Crippen LogP contribution in [0.25, 0.3) is 10.8 Å². The highest BCUT2D eigenvalue weighted by Crippen LogP contribution is 2.33. The fourth-order valence-corrected chi connectivity index (χ4v) is 2.79. The van der Waals surface area contributed by atoms with Crippen molar-refractivity contribution in [2.24, 2.45) is 0 Å². The van der Waals surface area contributed by atoms with Crippen molar-refractivity contribution in [1.29, 1.82) is 0 Å². The minimum absolute atomic E-state index is 0.120. The number of aliphatic hydroxyl groups is 1. The maximum absolute atomic E-state index is 12.4. The van der Waals surface area contributed by atoms with Crippen LogP contribution in [0.4, 0.5) is 0 Å². The molecule has 0 saturated heterocycles. The van der Waals surface area contributed by atoms with Gasteiger partial charge in [-0.05, 0) is 42.5 Å². The second kappa shape index (κ2) is 4.21. The van der Waals surface area contributed by atoms with Gasteiger partial charge >= 0.3 is 0 Å². The predicted molar refractivity (Wildman–Crippen MR) is 71.7 cm³/mol. The Labute approximate surface area is 106 Å². The van der Waals surface area contributed by atoms with E-state index in [2.05, 4.69) is 0 Å². The molecule has 1 aliphatic carbocycles. The molecule has 0 aliphatic heterocycles. The van der Waals surface area contributed by atoms with Gasteiger partial charge in [0.05, 0.1) is 0 Å². The third-order valence-corrected chi connectivity index (χ3v) is 3.87. The fourth-order valence-electron chi connectivity index (χ4n) is 2.79. The molecule has 1 fully saturated rings. The molecule has 3 rings (SSSR count). The molecule has 2 nitrogen and oxygen atoms in total. The summed E-state index contributed by atoms with van der Waals surface area (Å²) in [6.07, 6.45) is 3.07. The van der Waals surface area contributed by atoms with Gasteiger partial charge in [-0.25, -0.2) is 0 Å². The Kier molecular flexibility index (Phi) is 2.67. The van der Waals surface area contributed by atoms with E-state index >= 15 is 0 Å². The highest BCUT2D eigenvalue weighted by Gasteiger charge is 2.39. The molecule has 0 unspecified atom stereocenters. The van der Waals surface area contributed by atoms with Crippen molar-refractivity contribution >= 4 is 16.6 Å². The SMILES string of the molecule is O=C(c1ccc2ccccc2c1)C1(O)CCCC1. The first kappa shape index (κ1) is 11.4. The van der Waals surface area contributed by atoms with Crippen molar-refractivity contribution in [2.75, 3.05) is 0 Å². The molecular weight excluding hydrogens is 224 g/mol. The minimum atomic E-state index is -1.12. The largest absolute Gasteiger partial charge is 0.382 e. The third-order valence-electron chi connectivity index (χ3n) is 3.87. The average molecular weight is 240 g/mol. The van der Waals surface area contributed by atoms with Crippen LogP contribution >= 0.6 is 0 Å². The van der Waals surface area contributed by atoms with Crippen LogP contribution in [0.3, 0.4) is 0 Å². The van der Waals surface area contributed by atoms with E-state index < -0.39 is 5.60 Å². The maximum Gasteiger partial charge on any atom is 0.194 e. The second-order valence-electron chi connectivity index (χ2n) is 5.13. The molecule has 1 aliphatic rings. The Morgan fingerprint density at radius 3 is 2.39 bits per heavy atom. The fraction of sp³-hybridized carbons (Fsp3) is 0.312. The van der Waals surface area contributed by atoms with Crippen molar-refractivity contribution in [1.82, 2.24) is 0 Å². The van der Waals surface area contributed by atoms with E-state index in [0.29, 0.717) is 18.4 Å². The molecule has 18 heavy (non-hydrogen) atoms. The molecule has 2 aromatic carbocycles. The van der Waals surface area contributed by atoms with Gasteiger partial charge in [0.1, 0.15) is 5.60 Å². The molecule has 2 heteroatoms. The minimum Gasteiger partial charge on any atom is -0.382 e. The van der Waals surface area contributed by atoms with Gasteiger partial charge in [0.2, 0.25) is 0 Å². The molecular formula is C16H16O2. The lowest BCUT2D eigenvalue weighted by Gasteiger charge is -2.20. The molecule has 0 spiro atoms. The standard InChI is InChI=1S/C16H16O2/c17-15(16(18)9-3-4-10-16)14-8-7-12-5-1-2-6-13(12)11-14/h1-2,5-8,11,18H,3-4,9-10H2. The zero-order valence-electron chi connectivity index (χ0n) is 10.2. The Morgan fingerprint density at radius 2 is 1.67 bits per heavy atom. The molecule has 0 heterocycles. The van der Waals surface area contributed by atoms with E-state index in [1.54, 1.807) is 0 Å². The van der Waals surface area contributed by atoms with Crippen LogP contribution in [-0.2, 0) is 0 Å². The van der Waals surface area contributed by atoms with Crippen molar-refractivity contribution in [3.8, 4) is 0 Å². The monoisotopic (exact) mass is 240 g/mol. The quantitative estimate of drug-likeness (QED) is 0.817. The van der Waals surface area contributed by atoms with Crippen molar-refractivity contribution in [2.45, 2.75) is 31.3 Å². The first-order valence-electron chi connectivity index (χ1n) is 6.45. The molecule has 0 radical (unpaired) electrons. The topological polar surface area (TPSA) is 37.3 Å². The maximum atomic E-state index is 12.4. The number of rotatable bonds is 2. The summed E-state index contributed by atoms with van der Waals surface area (Å²) in [5.41, 5.74) is -0.499. The van der Waals surface area contributed by atoms with E-state index in [9.17, 15) is 9.90 Å². The molecule has 0 bridgehead atoms. The van der Waals surface area contributed by atoms with Crippen LogP contribution in [0.5, 0.6) is 0 Å². The number of carbonyl (C=O) groups is 1. The van der Waals surface area contributed by atoms with Crippen LogP contribution in [0.15, 0.2) is 42.5 Å². The summed E-state index contributed by atoms with van der Waals surface area (Å²) in [4.78, 5) is 12.4. The van der Waals surface area contributed by atoms with Gasteiger partial charge in [-0.15, -0.1) is 0 Å². The number of fused-ring (bicyclic) bond motifs is 1. The van der Waals surface area contributed by atoms with E-state index in [0.717, 1.165) is 23.6 Å².